The van der Waals surface area contributed by atoms with Crippen molar-refractivity contribution in [3.63, 3.8) is 0 Å². The van der Waals surface area contributed by atoms with E-state index in [0.717, 1.165) is 22.3 Å². The summed E-state index contributed by atoms with van der Waals surface area (Å²) in [6.45, 7) is 6.36. The second-order valence-corrected chi connectivity index (χ2v) is 5.89. The van der Waals surface area contributed by atoms with Gasteiger partial charge in [-0.25, -0.2) is 4.98 Å². The minimum Gasteiger partial charge on any atom is -0.396 e. The second-order valence-electron chi connectivity index (χ2n) is 4.89. The van der Waals surface area contributed by atoms with Gasteiger partial charge in [0.1, 0.15) is 15.8 Å². The van der Waals surface area contributed by atoms with Crippen molar-refractivity contribution in [1.82, 2.24) is 4.98 Å². The molecule has 0 fully saturated rings. The van der Waals surface area contributed by atoms with Gasteiger partial charge in [-0.3, -0.25) is 0 Å². The zero-order chi connectivity index (χ0) is 14.0. The van der Waals surface area contributed by atoms with E-state index in [1.165, 1.54) is 41.7 Å². The van der Waals surface area contributed by atoms with Crippen molar-refractivity contribution < 1.29 is 0 Å². The number of nitrogen functional groups attached to an aromatic ring is 1. The molecule has 0 atom stereocenters. The summed E-state index contributed by atoms with van der Waals surface area (Å²) in [6, 6.07) is 2.16. The van der Waals surface area contributed by atoms with E-state index in [0.29, 0.717) is 10.6 Å². The zero-order valence-electron chi connectivity index (χ0n) is 11.7. The third-order valence-electron chi connectivity index (χ3n) is 3.59. The first-order valence-corrected chi connectivity index (χ1v) is 7.49. The average Bonchev–Trinajstić information content (AvgIpc) is 2.70. The Bertz CT molecular complexity index is 650. The lowest BCUT2D eigenvalue weighted by atomic mass is 9.98. The monoisotopic (exact) mass is 273 g/mol. The Morgan fingerprint density at radius 2 is 2.05 bits per heavy atom. The van der Waals surface area contributed by atoms with E-state index in [9.17, 15) is 0 Å². The summed E-state index contributed by atoms with van der Waals surface area (Å²) in [6.07, 6.45) is 4.68. The van der Waals surface area contributed by atoms with Gasteiger partial charge in [-0.05, 0) is 37.8 Å². The van der Waals surface area contributed by atoms with Crippen molar-refractivity contribution in [1.29, 1.82) is 5.26 Å². The first-order chi connectivity index (χ1) is 9.10. The van der Waals surface area contributed by atoms with Crippen LogP contribution >= 0.6 is 11.3 Å². The maximum Gasteiger partial charge on any atom is 0.130 e. The molecule has 0 spiro atoms. The summed E-state index contributed by atoms with van der Waals surface area (Å²) in [5.74, 6) is 0. The highest BCUT2D eigenvalue weighted by molar-refractivity contribution is 7.19. The van der Waals surface area contributed by atoms with Gasteiger partial charge in [0.15, 0.2) is 0 Å². The summed E-state index contributed by atoms with van der Waals surface area (Å²) in [5, 5.41) is 10.1. The van der Waals surface area contributed by atoms with E-state index in [1.54, 1.807) is 0 Å². The number of nitrogens with two attached hydrogens (primary N) is 1. The molecule has 100 valence electrons. The zero-order valence-corrected chi connectivity index (χ0v) is 12.5. The van der Waals surface area contributed by atoms with Crippen molar-refractivity contribution >= 4 is 27.2 Å². The van der Waals surface area contributed by atoms with E-state index in [4.69, 9.17) is 11.0 Å². The number of aryl methyl sites for hydroxylation is 2. The molecule has 0 radical (unpaired) electrons. The van der Waals surface area contributed by atoms with Gasteiger partial charge in [-0.1, -0.05) is 19.8 Å². The molecule has 2 rings (SSSR count). The number of nitrogens with zero attached hydrogens (tertiary/aromatic N) is 2. The number of unbranched alkanes of at least 4 members (excludes halogenated alkanes) is 2. The minimum atomic E-state index is 0.579. The minimum absolute atomic E-state index is 0.579. The van der Waals surface area contributed by atoms with Gasteiger partial charge < -0.3 is 5.73 Å². The molecule has 2 N–H and O–H groups in total. The third-order valence-corrected chi connectivity index (χ3v) is 4.60. The molecule has 19 heavy (non-hydrogen) atoms. The van der Waals surface area contributed by atoms with Crippen molar-refractivity contribution in [2.45, 2.75) is 46.5 Å². The van der Waals surface area contributed by atoms with Gasteiger partial charge >= 0.3 is 0 Å². The molecule has 0 saturated heterocycles. The van der Waals surface area contributed by atoms with Crippen LogP contribution in [0.15, 0.2) is 0 Å². The lowest BCUT2D eigenvalue weighted by Crippen LogP contribution is -1.99. The molecule has 2 aromatic heterocycles. The number of pyridine rings is 1. The maximum atomic E-state index is 9.07. The van der Waals surface area contributed by atoms with Crippen molar-refractivity contribution in [2.24, 2.45) is 0 Å². The summed E-state index contributed by atoms with van der Waals surface area (Å²) >= 11 is 1.39. The summed E-state index contributed by atoms with van der Waals surface area (Å²) in [5.41, 5.74) is 10.3. The molecule has 0 amide bonds. The number of hydrogen-bond donors (Lipinski definition) is 1. The predicted octanol–water partition coefficient (Wildman–Crippen LogP) is 4.10. The predicted molar refractivity (Wildman–Crippen MR) is 81.5 cm³/mol. The molecule has 0 aliphatic heterocycles. The van der Waals surface area contributed by atoms with E-state index in [2.05, 4.69) is 31.8 Å². The normalized spacial score (nSPS) is 10.8. The number of hydrogen-bond acceptors (Lipinski definition) is 4. The highest BCUT2D eigenvalue weighted by Gasteiger charge is 2.16. The second kappa shape index (κ2) is 5.58. The Hall–Kier alpha value is -1.60. The standard InChI is InChI=1S/C15H19N3S/c1-4-5-6-7-11-9(2)13-14(17)12(8-16)19-15(13)18-10(11)3/h4-7,17H2,1-3H3. The van der Waals surface area contributed by atoms with Crippen LogP contribution in [0.2, 0.25) is 0 Å². The van der Waals surface area contributed by atoms with Crippen LogP contribution in [0.25, 0.3) is 10.2 Å². The van der Waals surface area contributed by atoms with Crippen LogP contribution in [0.5, 0.6) is 0 Å². The van der Waals surface area contributed by atoms with Gasteiger partial charge in [0.05, 0.1) is 5.69 Å². The molecule has 0 aliphatic carbocycles. The quantitative estimate of drug-likeness (QED) is 0.853. The lowest BCUT2D eigenvalue weighted by Gasteiger charge is -2.10. The Labute approximate surface area is 118 Å². The maximum absolute atomic E-state index is 9.07. The average molecular weight is 273 g/mol. The number of anilines is 1. The van der Waals surface area contributed by atoms with Crippen LogP contribution < -0.4 is 5.73 Å². The van der Waals surface area contributed by atoms with Crippen LogP contribution in [0.3, 0.4) is 0 Å². The summed E-state index contributed by atoms with van der Waals surface area (Å²) in [7, 11) is 0. The summed E-state index contributed by atoms with van der Waals surface area (Å²) < 4.78 is 0. The van der Waals surface area contributed by atoms with Gasteiger partial charge in [0.2, 0.25) is 0 Å². The van der Waals surface area contributed by atoms with Crippen LogP contribution in [-0.4, -0.2) is 4.98 Å². The van der Waals surface area contributed by atoms with E-state index < -0.39 is 0 Å². The van der Waals surface area contributed by atoms with Crippen LogP contribution in [0.1, 0.15) is 47.9 Å². The fourth-order valence-corrected chi connectivity index (χ4v) is 3.52. The first kappa shape index (κ1) is 13.8. The molecule has 0 bridgehead atoms. The highest BCUT2D eigenvalue weighted by Crippen LogP contribution is 2.36. The third kappa shape index (κ3) is 2.43. The molecule has 2 aromatic rings. The van der Waals surface area contributed by atoms with E-state index >= 15 is 0 Å². The molecule has 2 heterocycles. The lowest BCUT2D eigenvalue weighted by molar-refractivity contribution is 0.712. The van der Waals surface area contributed by atoms with Crippen molar-refractivity contribution in [3.8, 4) is 6.07 Å². The van der Waals surface area contributed by atoms with Crippen LogP contribution in [-0.2, 0) is 6.42 Å². The Kier molecular flexibility index (Phi) is 4.06. The van der Waals surface area contributed by atoms with Crippen molar-refractivity contribution in [2.75, 3.05) is 5.73 Å². The number of fused-ring (bicyclic) bond motifs is 1. The van der Waals surface area contributed by atoms with Gasteiger partial charge in [-0.2, -0.15) is 5.26 Å². The Morgan fingerprint density at radius 1 is 1.32 bits per heavy atom. The van der Waals surface area contributed by atoms with E-state index in [1.807, 2.05) is 0 Å². The number of rotatable bonds is 4. The molecule has 0 saturated carbocycles. The molecular weight excluding hydrogens is 254 g/mol. The van der Waals surface area contributed by atoms with Gasteiger partial charge in [0.25, 0.3) is 0 Å². The smallest absolute Gasteiger partial charge is 0.130 e. The molecule has 0 unspecified atom stereocenters. The number of nitriles is 1. The van der Waals surface area contributed by atoms with Crippen LogP contribution in [0.4, 0.5) is 5.69 Å². The number of aromatic nitrogens is 1. The molecule has 3 nitrogen and oxygen atoms in total. The van der Waals surface area contributed by atoms with Gasteiger partial charge in [0, 0.05) is 11.1 Å². The van der Waals surface area contributed by atoms with E-state index in [-0.39, 0.29) is 0 Å². The first-order valence-electron chi connectivity index (χ1n) is 6.68. The molecule has 0 aliphatic rings. The fourth-order valence-electron chi connectivity index (χ4n) is 2.52. The van der Waals surface area contributed by atoms with Crippen LogP contribution in [0, 0.1) is 25.2 Å². The molecular formula is C15H19N3S. The Balaban J connectivity index is 2.54. The topological polar surface area (TPSA) is 62.7 Å². The Morgan fingerprint density at radius 3 is 2.68 bits per heavy atom. The van der Waals surface area contributed by atoms with Gasteiger partial charge in [-0.15, -0.1) is 11.3 Å². The molecule has 4 heteroatoms. The SMILES string of the molecule is CCCCCc1c(C)nc2sc(C#N)c(N)c2c1C. The molecule has 0 aromatic carbocycles. The largest absolute Gasteiger partial charge is 0.396 e. The fraction of sp³-hybridized carbons (Fsp3) is 0.467. The van der Waals surface area contributed by atoms with Crippen molar-refractivity contribution in [3.05, 3.63) is 21.7 Å². The number of thiophene rings is 1. The highest BCUT2D eigenvalue weighted by atomic mass is 32.1. The summed E-state index contributed by atoms with van der Waals surface area (Å²) in [4.78, 5) is 6.10.